The van der Waals surface area contributed by atoms with E-state index in [0.717, 1.165) is 34.6 Å². The minimum absolute atomic E-state index is 0.0742. The van der Waals surface area contributed by atoms with Crippen LogP contribution in [-0.4, -0.2) is 19.9 Å². The molecule has 1 unspecified atom stereocenters. The number of hydrogen-bond acceptors (Lipinski definition) is 5. The van der Waals surface area contributed by atoms with Crippen LogP contribution in [0.1, 0.15) is 74.2 Å². The molecule has 4 rings (SSSR count). The molecule has 0 saturated heterocycles. The van der Waals surface area contributed by atoms with Crippen LogP contribution in [-0.2, 0) is 19.6 Å². The van der Waals surface area contributed by atoms with Gasteiger partial charge in [0.2, 0.25) is 0 Å². The lowest BCUT2D eigenvalue weighted by molar-refractivity contribution is 0.474. The number of aromatic hydroxyl groups is 1. The molecule has 230 valence electrons. The molecule has 0 amide bonds. The predicted molar refractivity (Wildman–Crippen MR) is 182 cm³/mol. The van der Waals surface area contributed by atoms with E-state index in [9.17, 15) is 5.11 Å². The molecule has 0 aliphatic heterocycles. The van der Waals surface area contributed by atoms with Crippen molar-refractivity contribution in [3.05, 3.63) is 129 Å². The van der Waals surface area contributed by atoms with Gasteiger partial charge in [-0.25, -0.2) is 0 Å². The third-order valence-electron chi connectivity index (χ3n) is 7.65. The second-order valence-corrected chi connectivity index (χ2v) is 11.4. The van der Waals surface area contributed by atoms with E-state index in [1.165, 1.54) is 17.6 Å². The quantitative estimate of drug-likeness (QED) is 0.171. The zero-order valence-corrected chi connectivity index (χ0v) is 27.5. The van der Waals surface area contributed by atoms with Gasteiger partial charge in [0.25, 0.3) is 0 Å². The highest BCUT2D eigenvalue weighted by molar-refractivity contribution is 6.32. The van der Waals surface area contributed by atoms with Crippen LogP contribution >= 0.6 is 11.6 Å². The molecule has 0 bridgehead atoms. The van der Waals surface area contributed by atoms with E-state index < -0.39 is 0 Å². The highest BCUT2D eigenvalue weighted by atomic mass is 35.5. The molecule has 6 nitrogen and oxygen atoms in total. The third-order valence-corrected chi connectivity index (χ3v) is 8.07. The predicted octanol–water partition coefficient (Wildman–Crippen LogP) is 9.33. The van der Waals surface area contributed by atoms with Crippen molar-refractivity contribution in [3.8, 4) is 11.8 Å². The molecule has 1 N–H and O–H groups in total. The van der Waals surface area contributed by atoms with E-state index in [2.05, 4.69) is 98.3 Å². The maximum absolute atomic E-state index is 10.1. The Hall–Kier alpha value is -4.34. The Kier molecular flexibility index (Phi) is 13.3. The van der Waals surface area contributed by atoms with Crippen LogP contribution in [0.5, 0.6) is 5.75 Å². The normalized spacial score (nSPS) is 12.0. The summed E-state index contributed by atoms with van der Waals surface area (Å²) in [6, 6.07) is 21.4. The zero-order valence-electron chi connectivity index (χ0n) is 26.8. The van der Waals surface area contributed by atoms with Gasteiger partial charge >= 0.3 is 0 Å². The maximum Gasteiger partial charge on any atom is 0.152 e. The monoisotopic (exact) mass is 609 g/mol. The standard InChI is InChI=1S/C26H24ClN5O.C11H20/c1-18-3-10-22(11-4-18)31(15-23-19(2)5-12-24(33)26(23)27)16-25-30-29-17-32(25)14-21-8-6-20(13-28)7-9-21;1-5-8-11(9-6-2)10(4)7-3/h3-12,17,33H,14-16H2,1-2H3;5,8-10H,6-7H2,1-4H3/b;8-5-,11-9+. The van der Waals surface area contributed by atoms with Gasteiger partial charge in [0.1, 0.15) is 12.1 Å². The average Bonchev–Trinajstić information content (AvgIpc) is 3.47. The molecule has 0 aliphatic carbocycles. The van der Waals surface area contributed by atoms with Crippen LogP contribution in [0.4, 0.5) is 5.69 Å². The molecule has 4 aromatic rings. The van der Waals surface area contributed by atoms with Gasteiger partial charge in [-0.05, 0) is 92.1 Å². The molecule has 7 heteroatoms. The average molecular weight is 610 g/mol. The van der Waals surface area contributed by atoms with Crippen molar-refractivity contribution in [1.82, 2.24) is 14.8 Å². The minimum Gasteiger partial charge on any atom is -0.506 e. The Morgan fingerprint density at radius 1 is 1.05 bits per heavy atom. The van der Waals surface area contributed by atoms with Crippen LogP contribution in [0.25, 0.3) is 0 Å². The number of halogens is 1. The summed E-state index contributed by atoms with van der Waals surface area (Å²) in [7, 11) is 0. The summed E-state index contributed by atoms with van der Waals surface area (Å²) in [5.74, 6) is 1.59. The van der Waals surface area contributed by atoms with Crippen LogP contribution in [0.3, 0.4) is 0 Å². The highest BCUT2D eigenvalue weighted by Crippen LogP contribution is 2.32. The number of phenolic OH excluding ortho intramolecular Hbond substituents is 1. The number of phenols is 1. The first-order valence-electron chi connectivity index (χ1n) is 15.2. The number of benzene rings is 3. The number of aromatic nitrogens is 3. The van der Waals surface area contributed by atoms with Crippen molar-refractivity contribution in [2.24, 2.45) is 5.92 Å². The Morgan fingerprint density at radius 3 is 2.36 bits per heavy atom. The lowest BCUT2D eigenvalue weighted by atomic mass is 9.97. The summed E-state index contributed by atoms with van der Waals surface area (Å²) >= 11 is 6.47. The topological polar surface area (TPSA) is 78.0 Å². The second kappa shape index (κ2) is 17.1. The number of aryl methyl sites for hydroxylation is 2. The summed E-state index contributed by atoms with van der Waals surface area (Å²) < 4.78 is 2.00. The number of nitrogens with zero attached hydrogens (tertiary/aromatic N) is 5. The van der Waals surface area contributed by atoms with Gasteiger partial charge in [-0.15, -0.1) is 10.2 Å². The summed E-state index contributed by atoms with van der Waals surface area (Å²) in [4.78, 5) is 2.17. The van der Waals surface area contributed by atoms with Crippen molar-refractivity contribution in [2.45, 2.75) is 74.0 Å². The number of allylic oxidation sites excluding steroid dienone is 4. The maximum atomic E-state index is 10.1. The summed E-state index contributed by atoms with van der Waals surface area (Å²) in [6.45, 7) is 14.4. The van der Waals surface area contributed by atoms with Gasteiger partial charge in [0, 0.05) is 12.2 Å². The lowest BCUT2D eigenvalue weighted by Crippen LogP contribution is -2.25. The molecule has 0 saturated carbocycles. The number of anilines is 1. The molecule has 0 spiro atoms. The Balaban J connectivity index is 0.000000411. The van der Waals surface area contributed by atoms with Crippen LogP contribution < -0.4 is 4.90 Å². The van der Waals surface area contributed by atoms with E-state index in [-0.39, 0.29) is 5.75 Å². The summed E-state index contributed by atoms with van der Waals surface area (Å²) in [5.41, 5.74) is 7.25. The van der Waals surface area contributed by atoms with Crippen molar-refractivity contribution >= 4 is 17.3 Å². The summed E-state index contributed by atoms with van der Waals surface area (Å²) in [6.07, 6.45) is 10.7. The number of hydrogen-bond donors (Lipinski definition) is 1. The first-order chi connectivity index (χ1) is 21.2. The van der Waals surface area contributed by atoms with E-state index in [4.69, 9.17) is 16.9 Å². The van der Waals surface area contributed by atoms with Gasteiger partial charge < -0.3 is 14.6 Å². The van der Waals surface area contributed by atoms with Crippen LogP contribution in [0, 0.1) is 31.1 Å². The van der Waals surface area contributed by atoms with Gasteiger partial charge in [0.05, 0.1) is 29.7 Å². The first-order valence-corrected chi connectivity index (χ1v) is 15.5. The second-order valence-electron chi connectivity index (χ2n) is 11.0. The number of nitriles is 1. The largest absolute Gasteiger partial charge is 0.506 e. The Bertz CT molecular complexity index is 1580. The molecule has 0 fully saturated rings. The Morgan fingerprint density at radius 2 is 1.75 bits per heavy atom. The van der Waals surface area contributed by atoms with Crippen molar-refractivity contribution in [1.29, 1.82) is 5.26 Å². The molecule has 1 aromatic heterocycles. The zero-order chi connectivity index (χ0) is 32.1. The van der Waals surface area contributed by atoms with Gasteiger partial charge in [-0.3, -0.25) is 0 Å². The van der Waals surface area contributed by atoms with E-state index >= 15 is 0 Å². The molecular weight excluding hydrogens is 566 g/mol. The minimum atomic E-state index is 0.0742. The van der Waals surface area contributed by atoms with Crippen molar-refractivity contribution < 1.29 is 5.11 Å². The fourth-order valence-corrected chi connectivity index (χ4v) is 5.04. The van der Waals surface area contributed by atoms with Crippen LogP contribution in [0.15, 0.2) is 90.8 Å². The third kappa shape index (κ3) is 9.59. The molecular formula is C37H44ClN5O. The fourth-order valence-electron chi connectivity index (χ4n) is 4.77. The van der Waals surface area contributed by atoms with E-state index in [1.807, 2.05) is 41.8 Å². The first kappa shape index (κ1) is 34.2. The smallest absolute Gasteiger partial charge is 0.152 e. The van der Waals surface area contributed by atoms with Crippen LogP contribution in [0.2, 0.25) is 5.02 Å². The molecule has 1 heterocycles. The lowest BCUT2D eigenvalue weighted by Gasteiger charge is -2.26. The van der Waals surface area contributed by atoms with Crippen molar-refractivity contribution in [3.63, 3.8) is 0 Å². The SMILES string of the molecule is C/C=C\C(=C/CC)C(C)CC.Cc1ccc(N(Cc2c(C)ccc(O)c2Cl)Cc2nncn2Cc2ccc(C#N)cc2)cc1. The van der Waals surface area contributed by atoms with Gasteiger partial charge in [-0.1, -0.05) is 86.5 Å². The molecule has 44 heavy (non-hydrogen) atoms. The molecule has 3 aromatic carbocycles. The molecule has 1 atom stereocenters. The van der Waals surface area contributed by atoms with Gasteiger partial charge in [0.15, 0.2) is 5.82 Å². The van der Waals surface area contributed by atoms with E-state index in [0.29, 0.717) is 36.1 Å². The highest BCUT2D eigenvalue weighted by Gasteiger charge is 2.17. The summed E-state index contributed by atoms with van der Waals surface area (Å²) in [5, 5.41) is 28.0. The molecule has 0 aliphatic rings. The fraction of sp³-hybridized carbons (Fsp3) is 0.324. The van der Waals surface area contributed by atoms with Gasteiger partial charge in [-0.2, -0.15) is 5.26 Å². The Labute approximate surface area is 268 Å². The number of rotatable bonds is 11. The van der Waals surface area contributed by atoms with E-state index in [1.54, 1.807) is 12.4 Å². The molecule has 0 radical (unpaired) electrons. The van der Waals surface area contributed by atoms with Crippen molar-refractivity contribution in [2.75, 3.05) is 4.90 Å².